The number of nitrogens with zero attached hydrogens (tertiary/aromatic N) is 4. The minimum Gasteiger partial charge on any atom is -0.466 e. The van der Waals surface area contributed by atoms with Crippen LogP contribution in [0.4, 0.5) is 5.69 Å². The summed E-state index contributed by atoms with van der Waals surface area (Å²) in [7, 11) is 2.43. The summed E-state index contributed by atoms with van der Waals surface area (Å²) in [4.78, 5) is 43.3. The van der Waals surface area contributed by atoms with Gasteiger partial charge < -0.3 is 23.5 Å². The molecule has 0 radical (unpaired) electrons. The highest BCUT2D eigenvalue weighted by Crippen LogP contribution is 2.29. The lowest BCUT2D eigenvalue weighted by atomic mass is 10.1. The van der Waals surface area contributed by atoms with Crippen LogP contribution in [0.3, 0.4) is 0 Å². The number of hydrogen-bond donors (Lipinski definition) is 0. The van der Waals surface area contributed by atoms with Crippen LogP contribution in [0.15, 0.2) is 81.4 Å². The fraction of sp³-hybridized carbons (Fsp3) is 0.160. The predicted octanol–water partition coefficient (Wildman–Crippen LogP) is 2.43. The van der Waals surface area contributed by atoms with Crippen LogP contribution in [0, 0.1) is 0 Å². The average molecular weight is 488 g/mol. The molecule has 4 aromatic rings. The first kappa shape index (κ1) is 23.0. The second kappa shape index (κ2) is 9.47. The molecule has 0 N–H and O–H groups in total. The number of carbonyl (C=O) groups excluding carboxylic acids is 2. The second-order valence-corrected chi connectivity index (χ2v) is 7.74. The lowest BCUT2D eigenvalue weighted by Crippen LogP contribution is -2.38. The molecule has 1 aliphatic rings. The maximum atomic E-state index is 12.8. The number of aromatic nitrogens is 3. The van der Waals surface area contributed by atoms with Gasteiger partial charge in [-0.25, -0.2) is 24.0 Å². The Morgan fingerprint density at radius 2 is 1.78 bits per heavy atom. The van der Waals surface area contributed by atoms with E-state index >= 15 is 0 Å². The fourth-order valence-electron chi connectivity index (χ4n) is 3.86. The van der Waals surface area contributed by atoms with Crippen LogP contribution in [-0.4, -0.2) is 54.3 Å². The van der Waals surface area contributed by atoms with Crippen LogP contribution in [0.25, 0.3) is 28.0 Å². The van der Waals surface area contributed by atoms with Crippen molar-refractivity contribution in [2.45, 2.75) is 0 Å². The summed E-state index contributed by atoms with van der Waals surface area (Å²) in [5.41, 5.74) is 1.10. The Kier molecular flexibility index (Phi) is 6.05. The van der Waals surface area contributed by atoms with Crippen LogP contribution in [0.2, 0.25) is 0 Å². The zero-order valence-electron chi connectivity index (χ0n) is 19.3. The normalized spacial score (nSPS) is 13.7. The molecule has 0 unspecified atom stereocenters. The van der Waals surface area contributed by atoms with Crippen molar-refractivity contribution in [3.05, 3.63) is 82.6 Å². The largest absolute Gasteiger partial charge is 0.466 e. The van der Waals surface area contributed by atoms with Gasteiger partial charge in [-0.15, -0.1) is 5.10 Å². The Bertz CT molecular complexity index is 1560. The highest BCUT2D eigenvalue weighted by Gasteiger charge is 2.32. The Labute approximate surface area is 204 Å². The van der Waals surface area contributed by atoms with Crippen molar-refractivity contribution in [2.75, 3.05) is 32.5 Å². The van der Waals surface area contributed by atoms with Crippen LogP contribution >= 0.6 is 0 Å². The monoisotopic (exact) mass is 488 g/mol. The molecule has 3 heterocycles. The summed E-state index contributed by atoms with van der Waals surface area (Å²) in [5, 5.41) is 5.01. The fourth-order valence-corrected chi connectivity index (χ4v) is 3.86. The molecule has 11 heteroatoms. The van der Waals surface area contributed by atoms with Crippen LogP contribution in [0.1, 0.15) is 0 Å². The van der Waals surface area contributed by atoms with Gasteiger partial charge in [-0.2, -0.15) is 0 Å². The summed E-state index contributed by atoms with van der Waals surface area (Å²) >= 11 is 0. The van der Waals surface area contributed by atoms with Gasteiger partial charge in [0.2, 0.25) is 0 Å². The van der Waals surface area contributed by atoms with Gasteiger partial charge in [-0.05, 0) is 18.2 Å². The van der Waals surface area contributed by atoms with E-state index in [2.05, 4.69) is 10.1 Å². The van der Waals surface area contributed by atoms with Gasteiger partial charge in [0, 0.05) is 22.7 Å². The van der Waals surface area contributed by atoms with Crippen molar-refractivity contribution < 1.29 is 28.2 Å². The SMILES string of the molecule is COC(=O)C1=C(C(=O)OC)N(c2ccc3cc(-n4cnc(-c5ccccc5)n4)c(=O)oc3c2)COC1. The standard InChI is InChI=1S/C25H20N4O7/c1-33-23(30)18-12-35-14-28(21(18)25(32)34-2)17-9-8-16-10-19(24(31)36-20(16)11-17)29-13-26-22(27-29)15-6-4-3-5-7-15/h3-11,13H,12,14H2,1-2H3. The van der Waals surface area contributed by atoms with Gasteiger partial charge in [-0.3, -0.25) is 0 Å². The number of fused-ring (bicyclic) bond motifs is 1. The van der Waals surface area contributed by atoms with E-state index in [0.717, 1.165) is 5.56 Å². The van der Waals surface area contributed by atoms with E-state index in [1.165, 1.54) is 30.1 Å². The summed E-state index contributed by atoms with van der Waals surface area (Å²) in [6.07, 6.45) is 1.45. The van der Waals surface area contributed by atoms with E-state index in [0.29, 0.717) is 16.9 Å². The number of carbonyl (C=O) groups is 2. The van der Waals surface area contributed by atoms with Crippen molar-refractivity contribution in [1.29, 1.82) is 0 Å². The van der Waals surface area contributed by atoms with Crippen LogP contribution < -0.4 is 10.5 Å². The first-order valence-electron chi connectivity index (χ1n) is 10.8. The topological polar surface area (TPSA) is 126 Å². The second-order valence-electron chi connectivity index (χ2n) is 7.74. The van der Waals surface area contributed by atoms with Crippen molar-refractivity contribution in [3.63, 3.8) is 0 Å². The Hall–Kier alpha value is -4.77. The zero-order chi connectivity index (χ0) is 25.2. The van der Waals surface area contributed by atoms with Gasteiger partial charge in [-0.1, -0.05) is 30.3 Å². The van der Waals surface area contributed by atoms with Crippen molar-refractivity contribution in [3.8, 4) is 17.1 Å². The molecule has 5 rings (SSSR count). The number of benzene rings is 2. The summed E-state index contributed by atoms with van der Waals surface area (Å²) in [6.45, 7) is -0.136. The van der Waals surface area contributed by atoms with Gasteiger partial charge in [0.1, 0.15) is 24.3 Å². The molecule has 11 nitrogen and oxygen atoms in total. The minimum atomic E-state index is -0.726. The van der Waals surface area contributed by atoms with E-state index in [9.17, 15) is 14.4 Å². The van der Waals surface area contributed by atoms with Gasteiger partial charge in [0.05, 0.1) is 26.4 Å². The summed E-state index contributed by atoms with van der Waals surface area (Å²) in [5.74, 6) is -0.963. The molecule has 0 amide bonds. The van der Waals surface area contributed by atoms with E-state index < -0.39 is 17.6 Å². The molecular weight excluding hydrogens is 468 g/mol. The highest BCUT2D eigenvalue weighted by molar-refractivity contribution is 6.03. The lowest BCUT2D eigenvalue weighted by molar-refractivity contribution is -0.140. The smallest absolute Gasteiger partial charge is 0.362 e. The maximum absolute atomic E-state index is 12.8. The van der Waals surface area contributed by atoms with Crippen molar-refractivity contribution >= 4 is 28.6 Å². The van der Waals surface area contributed by atoms with Crippen molar-refractivity contribution in [1.82, 2.24) is 14.8 Å². The number of esters is 2. The highest BCUT2D eigenvalue weighted by atomic mass is 16.5. The molecule has 0 fully saturated rings. The minimum absolute atomic E-state index is 0.00928. The third-order valence-electron chi connectivity index (χ3n) is 5.62. The van der Waals surface area contributed by atoms with E-state index in [4.69, 9.17) is 18.6 Å². The third-order valence-corrected chi connectivity index (χ3v) is 5.62. The first-order chi connectivity index (χ1) is 17.5. The summed E-state index contributed by atoms with van der Waals surface area (Å²) in [6, 6.07) is 16.0. The Morgan fingerprint density at radius 1 is 1.00 bits per heavy atom. The molecule has 2 aromatic carbocycles. The molecule has 36 heavy (non-hydrogen) atoms. The molecule has 0 bridgehead atoms. The van der Waals surface area contributed by atoms with E-state index in [1.54, 1.807) is 24.3 Å². The third kappa shape index (κ3) is 4.12. The molecule has 0 saturated carbocycles. The number of methoxy groups -OCH3 is 2. The number of rotatable bonds is 5. The quantitative estimate of drug-likeness (QED) is 0.305. The molecular formula is C25H20N4O7. The molecule has 0 aliphatic carbocycles. The van der Waals surface area contributed by atoms with Crippen molar-refractivity contribution in [2.24, 2.45) is 0 Å². The summed E-state index contributed by atoms with van der Waals surface area (Å²) < 4.78 is 22.1. The predicted molar refractivity (Wildman–Crippen MR) is 127 cm³/mol. The van der Waals surface area contributed by atoms with E-state index in [1.807, 2.05) is 30.3 Å². The zero-order valence-corrected chi connectivity index (χ0v) is 19.3. The first-order valence-corrected chi connectivity index (χ1v) is 10.8. The van der Waals surface area contributed by atoms with Gasteiger partial charge in [0.15, 0.2) is 11.5 Å². The average Bonchev–Trinajstić information content (AvgIpc) is 3.41. The maximum Gasteiger partial charge on any atom is 0.362 e. The number of hydrogen-bond acceptors (Lipinski definition) is 10. The van der Waals surface area contributed by atoms with Crippen LogP contribution in [0.5, 0.6) is 0 Å². The number of ether oxygens (including phenoxy) is 3. The molecule has 1 aliphatic heterocycles. The molecule has 0 atom stereocenters. The van der Waals surface area contributed by atoms with E-state index in [-0.39, 0.29) is 35.9 Å². The van der Waals surface area contributed by atoms with Gasteiger partial charge >= 0.3 is 17.6 Å². The van der Waals surface area contributed by atoms with Crippen LogP contribution in [-0.2, 0) is 23.8 Å². The molecule has 182 valence electrons. The van der Waals surface area contributed by atoms with Gasteiger partial charge in [0.25, 0.3) is 0 Å². The number of anilines is 1. The lowest BCUT2D eigenvalue weighted by Gasteiger charge is -2.31. The Balaban J connectivity index is 1.54. The Morgan fingerprint density at radius 3 is 2.53 bits per heavy atom. The molecule has 0 saturated heterocycles. The molecule has 0 spiro atoms. The molecule has 2 aromatic heterocycles.